The second kappa shape index (κ2) is 59.9. The molecule has 0 heterocycles. The van der Waals surface area contributed by atoms with Crippen LogP contribution in [0.15, 0.2) is 48.6 Å². The van der Waals surface area contributed by atoms with Crippen molar-refractivity contribution in [1.82, 2.24) is 0 Å². The van der Waals surface area contributed by atoms with Crippen LogP contribution in [0.25, 0.3) is 0 Å². The van der Waals surface area contributed by atoms with Crippen molar-refractivity contribution in [1.29, 1.82) is 0 Å². The molecule has 1 unspecified atom stereocenters. The molecule has 6 heteroatoms. The summed E-state index contributed by atoms with van der Waals surface area (Å²) >= 11 is 0. The van der Waals surface area contributed by atoms with Crippen LogP contribution in [0.2, 0.25) is 0 Å². The minimum Gasteiger partial charge on any atom is -0.462 e. The van der Waals surface area contributed by atoms with Crippen LogP contribution in [-0.2, 0) is 28.6 Å². The molecule has 0 aromatic carbocycles. The third-order valence-corrected chi connectivity index (χ3v) is 13.8. The van der Waals surface area contributed by atoms with Gasteiger partial charge in [0.25, 0.3) is 0 Å². The molecule has 0 radical (unpaired) electrons. The van der Waals surface area contributed by atoms with Crippen molar-refractivity contribution in [2.45, 2.75) is 335 Å². The molecule has 0 aromatic heterocycles. The molecule has 0 saturated heterocycles. The molecule has 0 aromatic rings. The molecule has 0 rings (SSSR count). The molecule has 0 amide bonds. The van der Waals surface area contributed by atoms with Crippen LogP contribution in [0.1, 0.15) is 329 Å². The fraction of sp³-hybridized carbons (Fsp3) is 0.831. The summed E-state index contributed by atoms with van der Waals surface area (Å²) in [7, 11) is 0. The van der Waals surface area contributed by atoms with Gasteiger partial charge < -0.3 is 14.2 Å². The van der Waals surface area contributed by atoms with Crippen LogP contribution in [0, 0.1) is 0 Å². The van der Waals surface area contributed by atoms with E-state index in [9.17, 15) is 14.4 Å². The molecule has 0 aliphatic rings. The highest BCUT2D eigenvalue weighted by atomic mass is 16.6. The number of allylic oxidation sites excluding steroid dienone is 8. The lowest BCUT2D eigenvalue weighted by atomic mass is 10.0. The zero-order chi connectivity index (χ0) is 51.4. The van der Waals surface area contributed by atoms with Gasteiger partial charge in [0.1, 0.15) is 13.2 Å². The topological polar surface area (TPSA) is 78.9 Å². The number of rotatable bonds is 57. The Morgan fingerprint density at radius 2 is 0.549 bits per heavy atom. The van der Waals surface area contributed by atoms with Crippen molar-refractivity contribution in [2.24, 2.45) is 0 Å². The van der Waals surface area contributed by atoms with Crippen LogP contribution >= 0.6 is 0 Å². The third-order valence-electron chi connectivity index (χ3n) is 13.8. The highest BCUT2D eigenvalue weighted by Gasteiger charge is 2.19. The Bertz CT molecular complexity index is 1230. The molecule has 0 fully saturated rings. The molecule has 0 bridgehead atoms. The summed E-state index contributed by atoms with van der Waals surface area (Å²) in [5, 5.41) is 0. The van der Waals surface area contributed by atoms with E-state index in [1.807, 2.05) is 0 Å². The number of hydrogen-bond acceptors (Lipinski definition) is 6. The van der Waals surface area contributed by atoms with Crippen LogP contribution in [0.3, 0.4) is 0 Å². The first-order chi connectivity index (χ1) is 35.0. The van der Waals surface area contributed by atoms with Crippen LogP contribution < -0.4 is 0 Å². The van der Waals surface area contributed by atoms with Crippen LogP contribution in [0.5, 0.6) is 0 Å². The van der Waals surface area contributed by atoms with E-state index in [1.54, 1.807) is 0 Å². The van der Waals surface area contributed by atoms with Gasteiger partial charge in [-0.1, -0.05) is 301 Å². The van der Waals surface area contributed by atoms with Crippen molar-refractivity contribution >= 4 is 17.9 Å². The first-order valence-electron chi connectivity index (χ1n) is 31.1. The molecule has 0 aliphatic heterocycles. The van der Waals surface area contributed by atoms with E-state index in [-0.39, 0.29) is 37.5 Å². The molecular weight excluding hydrogens is 877 g/mol. The predicted molar refractivity (Wildman–Crippen MR) is 307 cm³/mol. The number of esters is 3. The number of carbonyl (C=O) groups is 3. The average Bonchev–Trinajstić information content (AvgIpc) is 3.37. The highest BCUT2D eigenvalue weighted by molar-refractivity contribution is 5.71. The number of carbonyl (C=O) groups excluding carboxylic acids is 3. The van der Waals surface area contributed by atoms with Gasteiger partial charge in [-0.15, -0.1) is 0 Å². The van der Waals surface area contributed by atoms with Gasteiger partial charge in [0.2, 0.25) is 0 Å². The molecule has 0 spiro atoms. The molecule has 6 nitrogen and oxygen atoms in total. The Balaban J connectivity index is 4.00. The molecule has 1 atom stereocenters. The first kappa shape index (κ1) is 68.4. The maximum atomic E-state index is 12.8. The lowest BCUT2D eigenvalue weighted by Gasteiger charge is -2.18. The van der Waals surface area contributed by atoms with Gasteiger partial charge in [0, 0.05) is 19.3 Å². The minimum absolute atomic E-state index is 0.0865. The molecule has 0 saturated carbocycles. The second-order valence-electron chi connectivity index (χ2n) is 21.0. The summed E-state index contributed by atoms with van der Waals surface area (Å²) in [6.45, 7) is 6.48. The lowest BCUT2D eigenvalue weighted by Crippen LogP contribution is -2.30. The summed E-state index contributed by atoms with van der Waals surface area (Å²) < 4.78 is 16.8. The predicted octanol–water partition coefficient (Wildman–Crippen LogP) is 21.0. The standard InChI is InChI=1S/C65H118O6/c1-4-7-10-13-16-18-20-22-24-25-26-27-28-29-30-31-32-33-34-35-36-37-38-39-41-42-44-46-49-52-55-58-64(67)70-61-62(60-69-63(66)57-54-51-48-15-12-9-6-3)71-65(68)59-56-53-50-47-45-43-40-23-21-19-17-14-11-8-5-2/h8,11,17,19,23,40,45,47,62H,4-7,9-10,12-16,18,20-22,24-39,41-44,46,48-61H2,1-3H3/b11-8-,19-17-,40-23-,47-45-. The van der Waals surface area contributed by atoms with Gasteiger partial charge in [-0.05, 0) is 57.8 Å². The number of hydrogen-bond donors (Lipinski definition) is 0. The number of ether oxygens (including phenoxy) is 3. The van der Waals surface area contributed by atoms with E-state index >= 15 is 0 Å². The lowest BCUT2D eigenvalue weighted by molar-refractivity contribution is -0.167. The van der Waals surface area contributed by atoms with Crippen molar-refractivity contribution in [3.05, 3.63) is 48.6 Å². The smallest absolute Gasteiger partial charge is 0.306 e. The number of unbranched alkanes of at least 4 members (excludes halogenated alkanes) is 38. The summed E-state index contributed by atoms with van der Waals surface area (Å²) in [6.07, 6.45) is 74.6. The summed E-state index contributed by atoms with van der Waals surface area (Å²) in [5.41, 5.74) is 0. The van der Waals surface area contributed by atoms with Gasteiger partial charge in [-0.25, -0.2) is 0 Å². The van der Waals surface area contributed by atoms with Crippen molar-refractivity contribution < 1.29 is 28.6 Å². The fourth-order valence-electron chi connectivity index (χ4n) is 9.20. The minimum atomic E-state index is -0.790. The Morgan fingerprint density at radius 1 is 0.296 bits per heavy atom. The summed E-state index contributed by atoms with van der Waals surface area (Å²) in [5.74, 6) is -0.922. The maximum absolute atomic E-state index is 12.8. The summed E-state index contributed by atoms with van der Waals surface area (Å²) in [4.78, 5) is 37.9. The van der Waals surface area contributed by atoms with E-state index in [0.717, 1.165) is 77.0 Å². The average molecular weight is 996 g/mol. The monoisotopic (exact) mass is 995 g/mol. The zero-order valence-corrected chi connectivity index (χ0v) is 47.5. The van der Waals surface area contributed by atoms with Crippen molar-refractivity contribution in [2.75, 3.05) is 13.2 Å². The molecule has 71 heavy (non-hydrogen) atoms. The molecular formula is C65H118O6. The largest absolute Gasteiger partial charge is 0.462 e. The molecule has 414 valence electrons. The Labute approximate surface area is 441 Å². The second-order valence-corrected chi connectivity index (χ2v) is 21.0. The molecule has 0 aliphatic carbocycles. The molecule has 0 N–H and O–H groups in total. The van der Waals surface area contributed by atoms with Crippen LogP contribution in [-0.4, -0.2) is 37.2 Å². The van der Waals surface area contributed by atoms with Gasteiger partial charge >= 0.3 is 17.9 Å². The maximum Gasteiger partial charge on any atom is 0.306 e. The van der Waals surface area contributed by atoms with Crippen molar-refractivity contribution in [3.63, 3.8) is 0 Å². The van der Waals surface area contributed by atoms with Crippen LogP contribution in [0.4, 0.5) is 0 Å². The summed E-state index contributed by atoms with van der Waals surface area (Å²) in [6, 6.07) is 0. The van der Waals surface area contributed by atoms with Gasteiger partial charge in [-0.3, -0.25) is 14.4 Å². The Kier molecular flexibility index (Phi) is 57.7. The first-order valence-corrected chi connectivity index (χ1v) is 31.1. The van der Waals surface area contributed by atoms with E-state index in [0.29, 0.717) is 19.3 Å². The zero-order valence-electron chi connectivity index (χ0n) is 47.5. The quantitative estimate of drug-likeness (QED) is 0.0261. The van der Waals surface area contributed by atoms with E-state index in [1.165, 1.54) is 205 Å². The van der Waals surface area contributed by atoms with Gasteiger partial charge in [0.05, 0.1) is 0 Å². The normalized spacial score (nSPS) is 12.3. The van der Waals surface area contributed by atoms with Gasteiger partial charge in [0.15, 0.2) is 6.10 Å². The van der Waals surface area contributed by atoms with E-state index in [4.69, 9.17) is 14.2 Å². The fourth-order valence-corrected chi connectivity index (χ4v) is 9.20. The Hall–Kier alpha value is -2.63. The van der Waals surface area contributed by atoms with Gasteiger partial charge in [-0.2, -0.15) is 0 Å². The highest BCUT2D eigenvalue weighted by Crippen LogP contribution is 2.18. The Morgan fingerprint density at radius 3 is 0.859 bits per heavy atom. The SMILES string of the molecule is CC/C=C\C/C=C\C/C=C\C/C=C\CCCCC(=O)OC(COC(=O)CCCCCCCCC)COC(=O)CCCCCCCCCCCCCCCCCCCCCCCCCCCCCCCCC. The third kappa shape index (κ3) is 58.1. The van der Waals surface area contributed by atoms with E-state index in [2.05, 4.69) is 69.4 Å². The van der Waals surface area contributed by atoms with E-state index < -0.39 is 6.10 Å². The van der Waals surface area contributed by atoms with Crippen molar-refractivity contribution in [3.8, 4) is 0 Å².